The van der Waals surface area contributed by atoms with E-state index >= 15 is 0 Å². The molecular weight excluding hydrogens is 433 g/mol. The highest BCUT2D eigenvalue weighted by molar-refractivity contribution is 7.40. The molecule has 0 saturated heterocycles. The summed E-state index contributed by atoms with van der Waals surface area (Å²) in [6.07, 6.45) is 20.6. The Morgan fingerprint density at radius 3 is 2.12 bits per heavy atom. The van der Waals surface area contributed by atoms with E-state index in [1.165, 1.54) is 84.2 Å². The Labute approximate surface area is 197 Å². The van der Waals surface area contributed by atoms with Gasteiger partial charge in [-0.25, -0.2) is 4.89 Å². The summed E-state index contributed by atoms with van der Waals surface area (Å²) < 4.78 is 25.7. The van der Waals surface area contributed by atoms with Gasteiger partial charge in [0.1, 0.15) is 19.5 Å². The summed E-state index contributed by atoms with van der Waals surface area (Å²) in [5.74, 6) is 0. The summed E-state index contributed by atoms with van der Waals surface area (Å²) in [6.45, 7) is 3.22. The van der Waals surface area contributed by atoms with Crippen LogP contribution in [0.25, 0.3) is 0 Å². The van der Waals surface area contributed by atoms with Gasteiger partial charge in [0.25, 0.3) is 0 Å². The van der Waals surface area contributed by atoms with Crippen molar-refractivity contribution in [3.8, 4) is 0 Å². The highest BCUT2D eigenvalue weighted by atomic mass is 31.2. The van der Waals surface area contributed by atoms with Crippen molar-refractivity contribution >= 4 is 8.60 Å². The highest BCUT2D eigenvalue weighted by Gasteiger charge is 2.15. The van der Waals surface area contributed by atoms with E-state index in [1.54, 1.807) is 6.26 Å². The summed E-state index contributed by atoms with van der Waals surface area (Å²) in [5, 5.41) is 0. The van der Waals surface area contributed by atoms with Crippen LogP contribution in [0.2, 0.25) is 0 Å². The Hall–Kier alpha value is -0.310. The quantitative estimate of drug-likeness (QED) is 0.0403. The van der Waals surface area contributed by atoms with Gasteiger partial charge in [-0.2, -0.15) is 4.67 Å². The minimum atomic E-state index is -2.15. The highest BCUT2D eigenvalue weighted by Crippen LogP contribution is 2.33. The molecule has 2 atom stereocenters. The number of ether oxygens (including phenoxy) is 3. The Bertz CT molecular complexity index is 391. The minimum Gasteiger partial charge on any atom is -0.499 e. The normalized spacial score (nSPS) is 13.6. The Morgan fingerprint density at radius 2 is 1.53 bits per heavy atom. The van der Waals surface area contributed by atoms with Crippen molar-refractivity contribution in [2.75, 3.05) is 40.3 Å². The maximum absolute atomic E-state index is 9.58. The van der Waals surface area contributed by atoms with Gasteiger partial charge in [0, 0.05) is 13.7 Å². The minimum absolute atomic E-state index is 0.0874. The van der Waals surface area contributed by atoms with E-state index in [0.717, 1.165) is 6.42 Å². The molecule has 0 radical (unpaired) electrons. The van der Waals surface area contributed by atoms with Crippen LogP contribution >= 0.6 is 8.60 Å². The Kier molecular flexibility index (Phi) is 26.7. The second kappa shape index (κ2) is 26.9. The molecule has 9 heteroatoms. The van der Waals surface area contributed by atoms with Crippen molar-refractivity contribution in [1.29, 1.82) is 0 Å². The SMILES string of the molecule is CCCCCCCCCCCCCCC=COCC(COP(O)OOCCN)OCOC. The standard InChI is InChI=1S/C23H48NO7P/c1-3-4-5-6-7-8-9-10-11-12-13-14-15-16-18-27-20-23(28-22-26-2)21-30-32(25)31-29-19-17-24/h16,18,23,25H,3-15,17,19-22,24H2,1-2H3. The van der Waals surface area contributed by atoms with Gasteiger partial charge in [-0.15, -0.1) is 0 Å². The predicted molar refractivity (Wildman–Crippen MR) is 129 cm³/mol. The average Bonchev–Trinajstić information content (AvgIpc) is 2.80. The van der Waals surface area contributed by atoms with Crippen molar-refractivity contribution in [1.82, 2.24) is 0 Å². The van der Waals surface area contributed by atoms with Gasteiger partial charge in [-0.1, -0.05) is 77.6 Å². The van der Waals surface area contributed by atoms with Gasteiger partial charge >= 0.3 is 8.60 Å². The maximum atomic E-state index is 9.58. The van der Waals surface area contributed by atoms with E-state index in [9.17, 15) is 4.89 Å². The molecule has 0 heterocycles. The van der Waals surface area contributed by atoms with Crippen LogP contribution in [-0.2, 0) is 28.3 Å². The van der Waals surface area contributed by atoms with Crippen LogP contribution in [0.5, 0.6) is 0 Å². The van der Waals surface area contributed by atoms with E-state index in [2.05, 4.69) is 16.5 Å². The molecule has 0 aliphatic carbocycles. The van der Waals surface area contributed by atoms with Crippen LogP contribution in [0.1, 0.15) is 90.4 Å². The van der Waals surface area contributed by atoms with Crippen molar-refractivity contribution in [3.05, 3.63) is 12.3 Å². The van der Waals surface area contributed by atoms with Gasteiger partial charge in [0.05, 0.1) is 19.5 Å². The lowest BCUT2D eigenvalue weighted by molar-refractivity contribution is -0.214. The van der Waals surface area contributed by atoms with Crippen molar-refractivity contribution < 1.29 is 33.2 Å². The fourth-order valence-electron chi connectivity index (χ4n) is 3.01. The number of unbranched alkanes of at least 4 members (excludes halogenated alkanes) is 12. The molecule has 0 aliphatic rings. The maximum Gasteiger partial charge on any atom is 0.360 e. The fourth-order valence-corrected chi connectivity index (χ4v) is 3.51. The van der Waals surface area contributed by atoms with Gasteiger partial charge in [-0.05, 0) is 18.9 Å². The molecule has 0 aromatic carbocycles. The van der Waals surface area contributed by atoms with Gasteiger partial charge in [0.2, 0.25) is 0 Å². The lowest BCUT2D eigenvalue weighted by Crippen LogP contribution is -2.25. The third kappa shape index (κ3) is 24.3. The van der Waals surface area contributed by atoms with Crippen LogP contribution in [0, 0.1) is 0 Å². The van der Waals surface area contributed by atoms with Crippen molar-refractivity contribution in [2.45, 2.75) is 96.5 Å². The molecule has 8 nitrogen and oxygen atoms in total. The summed E-state index contributed by atoms with van der Waals surface area (Å²) in [6, 6.07) is 0. The number of methoxy groups -OCH3 is 1. The van der Waals surface area contributed by atoms with Crippen LogP contribution in [0.4, 0.5) is 0 Å². The fraction of sp³-hybridized carbons (Fsp3) is 0.913. The first kappa shape index (κ1) is 31.7. The zero-order chi connectivity index (χ0) is 23.5. The van der Waals surface area contributed by atoms with E-state index in [1.807, 2.05) is 6.08 Å². The first-order valence-corrected chi connectivity index (χ1v) is 13.4. The van der Waals surface area contributed by atoms with Gasteiger partial charge in [0.15, 0.2) is 0 Å². The van der Waals surface area contributed by atoms with E-state index in [4.69, 9.17) is 24.5 Å². The molecule has 0 rings (SSSR count). The van der Waals surface area contributed by atoms with Crippen LogP contribution < -0.4 is 5.73 Å². The molecule has 3 N–H and O–H groups in total. The average molecular weight is 482 g/mol. The Morgan fingerprint density at radius 1 is 0.906 bits per heavy atom. The monoisotopic (exact) mass is 481 g/mol. The lowest BCUT2D eigenvalue weighted by Gasteiger charge is -2.18. The van der Waals surface area contributed by atoms with Crippen molar-refractivity contribution in [2.24, 2.45) is 5.73 Å². The third-order valence-electron chi connectivity index (χ3n) is 4.81. The molecule has 0 saturated carbocycles. The van der Waals surface area contributed by atoms with Crippen LogP contribution in [0.15, 0.2) is 12.3 Å². The lowest BCUT2D eigenvalue weighted by atomic mass is 10.0. The number of hydrogen-bond donors (Lipinski definition) is 2. The second-order valence-corrected chi connectivity index (χ2v) is 8.68. The number of rotatable bonds is 26. The molecule has 0 bridgehead atoms. The number of allylic oxidation sites excluding steroid dienone is 1. The second-order valence-electron chi connectivity index (χ2n) is 7.80. The largest absolute Gasteiger partial charge is 0.499 e. The predicted octanol–water partition coefficient (Wildman–Crippen LogP) is 5.74. The van der Waals surface area contributed by atoms with E-state index in [0.29, 0.717) is 6.54 Å². The van der Waals surface area contributed by atoms with Gasteiger partial charge < -0.3 is 29.4 Å². The van der Waals surface area contributed by atoms with Gasteiger partial charge in [-0.3, -0.25) is 0 Å². The zero-order valence-corrected chi connectivity index (χ0v) is 21.3. The Balaban J connectivity index is 3.62. The first-order chi connectivity index (χ1) is 15.7. The molecule has 0 spiro atoms. The van der Waals surface area contributed by atoms with Crippen molar-refractivity contribution in [3.63, 3.8) is 0 Å². The zero-order valence-electron chi connectivity index (χ0n) is 20.4. The van der Waals surface area contributed by atoms with Crippen LogP contribution in [0.3, 0.4) is 0 Å². The molecule has 0 aliphatic heterocycles. The van der Waals surface area contributed by atoms with E-state index in [-0.39, 0.29) is 26.6 Å². The summed E-state index contributed by atoms with van der Waals surface area (Å²) in [5.41, 5.74) is 5.27. The summed E-state index contributed by atoms with van der Waals surface area (Å²) in [7, 11) is -0.613. The molecule has 0 fully saturated rings. The topological polar surface area (TPSA) is 102 Å². The summed E-state index contributed by atoms with van der Waals surface area (Å²) in [4.78, 5) is 14.2. The van der Waals surface area contributed by atoms with E-state index < -0.39 is 14.7 Å². The molecule has 32 heavy (non-hydrogen) atoms. The molecule has 0 aromatic rings. The van der Waals surface area contributed by atoms with Crippen LogP contribution in [-0.4, -0.2) is 51.3 Å². The molecule has 2 unspecified atom stereocenters. The first-order valence-electron chi connectivity index (χ1n) is 12.2. The summed E-state index contributed by atoms with van der Waals surface area (Å²) >= 11 is 0. The molecule has 0 amide bonds. The smallest absolute Gasteiger partial charge is 0.360 e. The number of hydrogen-bond acceptors (Lipinski definition) is 8. The third-order valence-corrected chi connectivity index (χ3v) is 5.41. The molecular formula is C23H48NO7P. The number of nitrogens with two attached hydrogens (primary N) is 1. The molecule has 0 aromatic heterocycles. The molecule has 192 valence electrons.